The van der Waals surface area contributed by atoms with Gasteiger partial charge < -0.3 is 5.32 Å². The number of pyridine rings is 1. The maximum Gasteiger partial charge on any atom is 0.312 e. The van der Waals surface area contributed by atoms with Gasteiger partial charge in [-0.1, -0.05) is 20.8 Å². The van der Waals surface area contributed by atoms with Crippen LogP contribution in [-0.2, 0) is 15.5 Å². The van der Waals surface area contributed by atoms with Gasteiger partial charge in [0.15, 0.2) is 10.2 Å². The Labute approximate surface area is 121 Å². The summed E-state index contributed by atoms with van der Waals surface area (Å²) in [6, 6.07) is 2.75. The third-order valence-corrected chi connectivity index (χ3v) is 4.05. The monoisotopic (exact) mass is 313 g/mol. The normalized spacial score (nSPS) is 12.4. The van der Waals surface area contributed by atoms with Gasteiger partial charge in [0.25, 0.3) is 0 Å². The average molecular weight is 313 g/mol. The van der Waals surface area contributed by atoms with Crippen LogP contribution in [0.15, 0.2) is 28.7 Å². The molecule has 0 radical (unpaired) electrons. The van der Waals surface area contributed by atoms with Gasteiger partial charge in [-0.2, -0.15) is 8.42 Å². The molecule has 0 saturated heterocycles. The summed E-state index contributed by atoms with van der Waals surface area (Å²) < 4.78 is 30.6. The van der Waals surface area contributed by atoms with Crippen LogP contribution in [0.25, 0.3) is 0 Å². The molecule has 0 fully saturated rings. The summed E-state index contributed by atoms with van der Waals surface area (Å²) >= 11 is 1.46. The Kier molecular flexibility index (Phi) is 3.81. The molecule has 2 aromatic rings. The second-order valence-corrected chi connectivity index (χ2v) is 7.50. The maximum atomic E-state index is 10.9. The average Bonchev–Trinajstić information content (AvgIpc) is 2.77. The molecule has 2 rings (SSSR count). The fraction of sp³-hybridized carbons (Fsp3) is 0.333. The maximum absolute atomic E-state index is 10.9. The van der Waals surface area contributed by atoms with Crippen molar-refractivity contribution >= 4 is 32.3 Å². The van der Waals surface area contributed by atoms with Crippen LogP contribution in [0, 0.1) is 0 Å². The Morgan fingerprint density at radius 2 is 2.00 bits per heavy atom. The summed E-state index contributed by atoms with van der Waals surface area (Å²) in [6.07, 6.45) is 1.33. The topological polar surface area (TPSA) is 92.2 Å². The number of hydrogen-bond donors (Lipinski definition) is 2. The van der Waals surface area contributed by atoms with Crippen LogP contribution in [0.3, 0.4) is 0 Å². The minimum absolute atomic E-state index is 0.0243. The molecule has 0 bridgehead atoms. The second kappa shape index (κ2) is 5.12. The van der Waals surface area contributed by atoms with E-state index in [0.717, 1.165) is 5.69 Å². The first-order valence-corrected chi connectivity index (χ1v) is 8.15. The van der Waals surface area contributed by atoms with E-state index in [1.807, 2.05) is 5.38 Å². The first-order valence-electron chi connectivity index (χ1n) is 5.83. The van der Waals surface area contributed by atoms with Gasteiger partial charge in [-0.05, 0) is 12.1 Å². The SMILES string of the molecule is CC(C)(C)c1csc(Nc2ccc(S(=O)(=O)O)nc2)n1. The predicted octanol–water partition coefficient (Wildman–Crippen LogP) is 2.83. The van der Waals surface area contributed by atoms with Gasteiger partial charge in [0.05, 0.1) is 17.6 Å². The molecule has 6 nitrogen and oxygen atoms in total. The van der Waals surface area contributed by atoms with E-state index in [9.17, 15) is 8.42 Å². The molecule has 8 heteroatoms. The highest BCUT2D eigenvalue weighted by Gasteiger charge is 2.17. The van der Waals surface area contributed by atoms with Crippen LogP contribution in [0.5, 0.6) is 0 Å². The van der Waals surface area contributed by atoms with Crippen molar-refractivity contribution in [1.29, 1.82) is 0 Å². The van der Waals surface area contributed by atoms with E-state index in [1.165, 1.54) is 29.7 Å². The Bertz CT molecular complexity index is 700. The molecule has 0 atom stereocenters. The largest absolute Gasteiger partial charge is 0.330 e. The molecule has 2 N–H and O–H groups in total. The molecule has 108 valence electrons. The van der Waals surface area contributed by atoms with Gasteiger partial charge >= 0.3 is 10.1 Å². The van der Waals surface area contributed by atoms with Crippen molar-refractivity contribution in [3.63, 3.8) is 0 Å². The number of hydrogen-bond acceptors (Lipinski definition) is 6. The lowest BCUT2D eigenvalue weighted by Gasteiger charge is -2.14. The summed E-state index contributed by atoms with van der Waals surface area (Å²) in [6.45, 7) is 6.23. The number of thiazole rings is 1. The molecule has 0 unspecified atom stereocenters. The summed E-state index contributed by atoms with van der Waals surface area (Å²) in [4.78, 5) is 8.14. The van der Waals surface area contributed by atoms with Crippen molar-refractivity contribution in [2.24, 2.45) is 0 Å². The van der Waals surface area contributed by atoms with Crippen molar-refractivity contribution in [3.05, 3.63) is 29.4 Å². The highest BCUT2D eigenvalue weighted by molar-refractivity contribution is 7.85. The van der Waals surface area contributed by atoms with Crippen LogP contribution in [-0.4, -0.2) is 22.9 Å². The van der Waals surface area contributed by atoms with Crippen LogP contribution in [0.2, 0.25) is 0 Å². The minimum Gasteiger partial charge on any atom is -0.330 e. The molecular formula is C12H15N3O3S2. The molecular weight excluding hydrogens is 298 g/mol. The number of aromatic nitrogens is 2. The van der Waals surface area contributed by atoms with E-state index in [-0.39, 0.29) is 10.4 Å². The summed E-state index contributed by atoms with van der Waals surface area (Å²) in [5, 5.41) is 5.35. The van der Waals surface area contributed by atoms with Crippen LogP contribution in [0.4, 0.5) is 10.8 Å². The van der Waals surface area contributed by atoms with E-state index in [4.69, 9.17) is 4.55 Å². The van der Waals surface area contributed by atoms with Gasteiger partial charge in [0, 0.05) is 10.8 Å². The zero-order valence-corrected chi connectivity index (χ0v) is 12.9. The first kappa shape index (κ1) is 14.9. The number of rotatable bonds is 3. The highest BCUT2D eigenvalue weighted by atomic mass is 32.2. The quantitative estimate of drug-likeness (QED) is 0.847. The standard InChI is InChI=1S/C12H15N3O3S2/c1-12(2,3)9-7-19-11(15-9)14-8-4-5-10(13-6-8)20(16,17)18/h4-7H,1-3H3,(H,14,15)(H,16,17,18). The zero-order valence-electron chi connectivity index (χ0n) is 11.3. The van der Waals surface area contributed by atoms with Gasteiger partial charge in [-0.15, -0.1) is 11.3 Å². The molecule has 0 spiro atoms. The molecule has 0 aliphatic rings. The fourth-order valence-electron chi connectivity index (χ4n) is 1.41. The summed E-state index contributed by atoms with van der Waals surface area (Å²) in [5.41, 5.74) is 1.56. The van der Waals surface area contributed by atoms with Crippen molar-refractivity contribution in [1.82, 2.24) is 9.97 Å². The minimum atomic E-state index is -4.26. The molecule has 0 aliphatic heterocycles. The number of anilines is 2. The molecule has 0 aliphatic carbocycles. The van der Waals surface area contributed by atoms with Crippen molar-refractivity contribution < 1.29 is 13.0 Å². The Balaban J connectivity index is 2.17. The molecule has 2 heterocycles. The third-order valence-electron chi connectivity index (χ3n) is 2.52. The van der Waals surface area contributed by atoms with Gasteiger partial charge in [-0.25, -0.2) is 9.97 Å². The van der Waals surface area contributed by atoms with E-state index < -0.39 is 10.1 Å². The fourth-order valence-corrected chi connectivity index (χ4v) is 2.79. The first-order chi connectivity index (χ1) is 9.16. The van der Waals surface area contributed by atoms with E-state index in [0.29, 0.717) is 10.8 Å². The van der Waals surface area contributed by atoms with Crippen molar-refractivity contribution in [2.75, 3.05) is 5.32 Å². The zero-order chi connectivity index (χ0) is 15.0. The molecule has 2 aromatic heterocycles. The van der Waals surface area contributed by atoms with Crippen LogP contribution in [0.1, 0.15) is 26.5 Å². The van der Waals surface area contributed by atoms with Gasteiger partial charge in [0.1, 0.15) is 0 Å². The predicted molar refractivity (Wildman–Crippen MR) is 78.1 cm³/mol. The molecule has 20 heavy (non-hydrogen) atoms. The Morgan fingerprint density at radius 3 is 2.45 bits per heavy atom. The van der Waals surface area contributed by atoms with Crippen molar-refractivity contribution in [2.45, 2.75) is 31.2 Å². The lowest BCUT2D eigenvalue weighted by atomic mass is 9.93. The highest BCUT2D eigenvalue weighted by Crippen LogP contribution is 2.28. The van der Waals surface area contributed by atoms with Crippen LogP contribution >= 0.6 is 11.3 Å². The third kappa shape index (κ3) is 3.53. The number of nitrogens with one attached hydrogen (secondary N) is 1. The van der Waals surface area contributed by atoms with Gasteiger partial charge in [-0.3, -0.25) is 4.55 Å². The molecule has 0 amide bonds. The molecule has 0 aromatic carbocycles. The van der Waals surface area contributed by atoms with Crippen molar-refractivity contribution in [3.8, 4) is 0 Å². The Morgan fingerprint density at radius 1 is 1.30 bits per heavy atom. The lowest BCUT2D eigenvalue weighted by molar-refractivity contribution is 0.479. The lowest BCUT2D eigenvalue weighted by Crippen LogP contribution is -2.11. The van der Waals surface area contributed by atoms with Gasteiger partial charge in [0.2, 0.25) is 0 Å². The molecule has 0 saturated carbocycles. The van der Waals surface area contributed by atoms with E-state index >= 15 is 0 Å². The van der Waals surface area contributed by atoms with E-state index in [2.05, 4.69) is 36.1 Å². The smallest absolute Gasteiger partial charge is 0.312 e. The summed E-state index contributed by atoms with van der Waals surface area (Å²) in [7, 11) is -4.26. The van der Waals surface area contributed by atoms with Crippen LogP contribution < -0.4 is 5.32 Å². The number of nitrogens with zero attached hydrogens (tertiary/aromatic N) is 2. The second-order valence-electron chi connectivity index (χ2n) is 5.27. The Hall–Kier alpha value is -1.51. The van der Waals surface area contributed by atoms with E-state index in [1.54, 1.807) is 0 Å². The summed E-state index contributed by atoms with van der Waals surface area (Å²) in [5.74, 6) is 0.